The van der Waals surface area contributed by atoms with E-state index in [0.29, 0.717) is 6.04 Å². The van der Waals surface area contributed by atoms with Gasteiger partial charge in [-0.2, -0.15) is 0 Å². The third-order valence-electron chi connectivity index (χ3n) is 3.48. The molecule has 0 radical (unpaired) electrons. The second-order valence-corrected chi connectivity index (χ2v) is 7.03. The van der Waals surface area contributed by atoms with Crippen LogP contribution in [0.4, 0.5) is 5.13 Å². The first-order chi connectivity index (χ1) is 10.9. The molecule has 0 aliphatic rings. The fourth-order valence-electron chi connectivity index (χ4n) is 2.36. The number of nitrogens with zero attached hydrogens (tertiary/aromatic N) is 1. The molecular formula is C18H25N3OS. The Morgan fingerprint density at radius 2 is 1.91 bits per heavy atom. The maximum absolute atomic E-state index is 11.0. The summed E-state index contributed by atoms with van der Waals surface area (Å²) in [6.07, 6.45) is 1.90. The van der Waals surface area contributed by atoms with Gasteiger partial charge in [0.25, 0.3) is 0 Å². The lowest BCUT2D eigenvalue weighted by Crippen LogP contribution is -2.30. The van der Waals surface area contributed by atoms with Gasteiger partial charge in [-0.25, -0.2) is 4.98 Å². The molecule has 0 fully saturated rings. The summed E-state index contributed by atoms with van der Waals surface area (Å²) in [6.45, 7) is 7.81. The number of hydrogen-bond acceptors (Lipinski definition) is 4. The van der Waals surface area contributed by atoms with Gasteiger partial charge in [-0.05, 0) is 39.2 Å². The summed E-state index contributed by atoms with van der Waals surface area (Å²) in [5.74, 6) is 0.0298. The zero-order valence-corrected chi connectivity index (χ0v) is 15.0. The first-order valence-corrected chi connectivity index (χ1v) is 8.90. The van der Waals surface area contributed by atoms with Crippen LogP contribution >= 0.6 is 11.3 Å². The summed E-state index contributed by atoms with van der Waals surface area (Å²) in [7, 11) is 0. The van der Waals surface area contributed by atoms with E-state index in [4.69, 9.17) is 0 Å². The van der Waals surface area contributed by atoms with Crippen molar-refractivity contribution in [3.63, 3.8) is 0 Å². The summed E-state index contributed by atoms with van der Waals surface area (Å²) in [4.78, 5) is 15.6. The minimum atomic E-state index is 0.0298. The van der Waals surface area contributed by atoms with Gasteiger partial charge in [0.15, 0.2) is 5.13 Å². The number of hydrogen-bond donors (Lipinski definition) is 2. The molecule has 2 N–H and O–H groups in total. The van der Waals surface area contributed by atoms with Gasteiger partial charge in [0, 0.05) is 30.0 Å². The third kappa shape index (κ3) is 5.67. The summed E-state index contributed by atoms with van der Waals surface area (Å²) < 4.78 is 0. The molecule has 124 valence electrons. The van der Waals surface area contributed by atoms with Crippen LogP contribution in [0.15, 0.2) is 29.6 Å². The number of amides is 1. The lowest BCUT2D eigenvalue weighted by molar-refractivity contribution is -0.119. The molecule has 0 bridgehead atoms. The Labute approximate surface area is 142 Å². The molecule has 1 aromatic heterocycles. The van der Waals surface area contributed by atoms with Crippen molar-refractivity contribution in [1.82, 2.24) is 10.3 Å². The summed E-state index contributed by atoms with van der Waals surface area (Å²) in [5, 5.41) is 9.28. The van der Waals surface area contributed by atoms with Crippen LogP contribution in [0.1, 0.15) is 39.7 Å². The van der Waals surface area contributed by atoms with Crippen LogP contribution in [-0.2, 0) is 11.2 Å². The first kappa shape index (κ1) is 17.5. The SMILES string of the molecule is CC(=O)N[C@@H](C)CCc1ccc(-c2csc(NC(C)C)n2)cc1. The molecule has 1 amide bonds. The molecular weight excluding hydrogens is 306 g/mol. The third-order valence-corrected chi connectivity index (χ3v) is 4.26. The van der Waals surface area contributed by atoms with E-state index >= 15 is 0 Å². The second kappa shape index (κ2) is 8.11. The smallest absolute Gasteiger partial charge is 0.217 e. The van der Waals surface area contributed by atoms with E-state index in [9.17, 15) is 4.79 Å². The van der Waals surface area contributed by atoms with Crippen LogP contribution in [0.25, 0.3) is 11.3 Å². The lowest BCUT2D eigenvalue weighted by atomic mass is 10.0. The molecule has 4 nitrogen and oxygen atoms in total. The normalized spacial score (nSPS) is 12.2. The van der Waals surface area contributed by atoms with Gasteiger partial charge >= 0.3 is 0 Å². The highest BCUT2D eigenvalue weighted by Crippen LogP contribution is 2.25. The van der Waals surface area contributed by atoms with Crippen LogP contribution < -0.4 is 10.6 Å². The van der Waals surface area contributed by atoms with Crippen LogP contribution in [0.5, 0.6) is 0 Å². The molecule has 5 heteroatoms. The number of nitrogens with one attached hydrogen (secondary N) is 2. The minimum absolute atomic E-state index is 0.0298. The lowest BCUT2D eigenvalue weighted by Gasteiger charge is -2.12. The zero-order valence-electron chi connectivity index (χ0n) is 14.2. The van der Waals surface area contributed by atoms with Crippen molar-refractivity contribution < 1.29 is 4.79 Å². The number of aryl methyl sites for hydroxylation is 1. The fourth-order valence-corrected chi connectivity index (χ4v) is 3.23. The van der Waals surface area contributed by atoms with Crippen molar-refractivity contribution in [2.45, 2.75) is 52.6 Å². The number of carbonyl (C=O) groups excluding carboxylic acids is 1. The van der Waals surface area contributed by atoms with Gasteiger partial charge in [0.2, 0.25) is 5.91 Å². The van der Waals surface area contributed by atoms with E-state index in [1.165, 1.54) is 5.56 Å². The number of benzene rings is 1. The summed E-state index contributed by atoms with van der Waals surface area (Å²) >= 11 is 1.63. The average molecular weight is 331 g/mol. The van der Waals surface area contributed by atoms with Gasteiger partial charge in [0.1, 0.15) is 0 Å². The van der Waals surface area contributed by atoms with Crippen molar-refractivity contribution in [2.75, 3.05) is 5.32 Å². The number of carbonyl (C=O) groups is 1. The standard InChI is InChI=1S/C18H25N3OS/c1-12(2)19-18-21-17(11-23-18)16-9-7-15(8-10-16)6-5-13(3)20-14(4)22/h7-13H,5-6H2,1-4H3,(H,19,21)(H,20,22)/t13-/m0/s1. The zero-order chi connectivity index (χ0) is 16.8. The van der Waals surface area contributed by atoms with E-state index in [1.54, 1.807) is 18.3 Å². The largest absolute Gasteiger partial charge is 0.359 e. The Morgan fingerprint density at radius 1 is 1.22 bits per heavy atom. The molecule has 0 aliphatic heterocycles. The number of aromatic nitrogens is 1. The molecule has 23 heavy (non-hydrogen) atoms. The van der Waals surface area contributed by atoms with E-state index in [2.05, 4.69) is 59.1 Å². The maximum Gasteiger partial charge on any atom is 0.217 e. The van der Waals surface area contributed by atoms with E-state index < -0.39 is 0 Å². The predicted molar refractivity (Wildman–Crippen MR) is 97.9 cm³/mol. The van der Waals surface area contributed by atoms with Gasteiger partial charge < -0.3 is 10.6 Å². The minimum Gasteiger partial charge on any atom is -0.359 e. The highest BCUT2D eigenvalue weighted by atomic mass is 32.1. The van der Waals surface area contributed by atoms with Crippen molar-refractivity contribution in [3.8, 4) is 11.3 Å². The molecule has 1 atom stereocenters. The average Bonchev–Trinajstić information content (AvgIpc) is 2.92. The second-order valence-electron chi connectivity index (χ2n) is 6.17. The monoisotopic (exact) mass is 331 g/mol. The molecule has 2 aromatic rings. The Kier molecular flexibility index (Phi) is 6.16. The molecule has 2 rings (SSSR count). The van der Waals surface area contributed by atoms with Crippen molar-refractivity contribution in [3.05, 3.63) is 35.2 Å². The van der Waals surface area contributed by atoms with Crippen molar-refractivity contribution in [2.24, 2.45) is 0 Å². The Balaban J connectivity index is 1.94. The van der Waals surface area contributed by atoms with Crippen molar-refractivity contribution in [1.29, 1.82) is 0 Å². The van der Waals surface area contributed by atoms with Crippen LogP contribution in [-0.4, -0.2) is 23.0 Å². The molecule has 0 spiro atoms. The molecule has 0 saturated heterocycles. The van der Waals surface area contributed by atoms with Crippen LogP contribution in [0.2, 0.25) is 0 Å². The van der Waals surface area contributed by atoms with E-state index in [-0.39, 0.29) is 11.9 Å². The fraction of sp³-hybridized carbons (Fsp3) is 0.444. The molecule has 1 aromatic carbocycles. The number of rotatable bonds is 7. The predicted octanol–water partition coefficient (Wildman–Crippen LogP) is 4.09. The topological polar surface area (TPSA) is 54.0 Å². The van der Waals surface area contributed by atoms with E-state index in [0.717, 1.165) is 29.2 Å². The van der Waals surface area contributed by atoms with Crippen LogP contribution in [0, 0.1) is 0 Å². The van der Waals surface area contributed by atoms with Gasteiger partial charge in [-0.15, -0.1) is 11.3 Å². The first-order valence-electron chi connectivity index (χ1n) is 8.02. The highest BCUT2D eigenvalue weighted by Gasteiger charge is 2.07. The quantitative estimate of drug-likeness (QED) is 0.803. The molecule has 1 heterocycles. The molecule has 0 unspecified atom stereocenters. The summed E-state index contributed by atoms with van der Waals surface area (Å²) in [6, 6.07) is 9.12. The Morgan fingerprint density at radius 3 is 2.52 bits per heavy atom. The Hall–Kier alpha value is -1.88. The highest BCUT2D eigenvalue weighted by molar-refractivity contribution is 7.14. The van der Waals surface area contributed by atoms with Crippen molar-refractivity contribution >= 4 is 22.4 Å². The van der Waals surface area contributed by atoms with Gasteiger partial charge in [-0.1, -0.05) is 24.3 Å². The molecule has 0 saturated carbocycles. The Bertz CT molecular complexity index is 634. The van der Waals surface area contributed by atoms with E-state index in [1.807, 2.05) is 6.92 Å². The summed E-state index contributed by atoms with van der Waals surface area (Å²) in [5.41, 5.74) is 3.43. The van der Waals surface area contributed by atoms with Gasteiger partial charge in [0.05, 0.1) is 5.69 Å². The van der Waals surface area contributed by atoms with Gasteiger partial charge in [-0.3, -0.25) is 4.79 Å². The maximum atomic E-state index is 11.0. The number of thiazole rings is 1. The molecule has 0 aliphatic carbocycles. The van der Waals surface area contributed by atoms with Crippen LogP contribution in [0.3, 0.4) is 0 Å². The number of anilines is 1.